The van der Waals surface area contributed by atoms with E-state index in [9.17, 15) is 9.59 Å². The Morgan fingerprint density at radius 2 is 1.96 bits per heavy atom. The number of amides is 3. The lowest BCUT2D eigenvalue weighted by molar-refractivity contribution is -0.126. The number of carbonyl (C=O) groups excluding carboxylic acids is 2. The van der Waals surface area contributed by atoms with E-state index in [2.05, 4.69) is 17.6 Å². The van der Waals surface area contributed by atoms with E-state index in [0.717, 1.165) is 24.9 Å². The first-order chi connectivity index (χ1) is 12.0. The SMILES string of the molecule is CCc1ccc(NC(=O)N2CC(C(=O)NCCOC)CCC2C)cc1. The molecule has 25 heavy (non-hydrogen) atoms. The summed E-state index contributed by atoms with van der Waals surface area (Å²) in [5.74, 6) is -0.171. The van der Waals surface area contributed by atoms with Gasteiger partial charge in [-0.25, -0.2) is 4.79 Å². The van der Waals surface area contributed by atoms with E-state index >= 15 is 0 Å². The van der Waals surface area contributed by atoms with Crippen LogP contribution in [0.15, 0.2) is 24.3 Å². The molecule has 0 saturated carbocycles. The van der Waals surface area contributed by atoms with Gasteiger partial charge >= 0.3 is 6.03 Å². The second-order valence-corrected chi connectivity index (χ2v) is 6.54. The van der Waals surface area contributed by atoms with Crippen molar-refractivity contribution in [1.29, 1.82) is 0 Å². The van der Waals surface area contributed by atoms with Gasteiger partial charge in [-0.2, -0.15) is 0 Å². The molecule has 2 N–H and O–H groups in total. The van der Waals surface area contributed by atoms with Gasteiger partial charge in [0.2, 0.25) is 5.91 Å². The molecule has 6 heteroatoms. The van der Waals surface area contributed by atoms with E-state index in [1.54, 1.807) is 12.0 Å². The summed E-state index contributed by atoms with van der Waals surface area (Å²) in [6, 6.07) is 7.84. The second kappa shape index (κ2) is 9.42. The summed E-state index contributed by atoms with van der Waals surface area (Å²) in [5.41, 5.74) is 2.01. The van der Waals surface area contributed by atoms with Crippen LogP contribution in [0.2, 0.25) is 0 Å². The molecule has 1 heterocycles. The number of methoxy groups -OCH3 is 1. The zero-order valence-electron chi connectivity index (χ0n) is 15.4. The van der Waals surface area contributed by atoms with Crippen LogP contribution in [0.5, 0.6) is 0 Å². The number of urea groups is 1. The van der Waals surface area contributed by atoms with Crippen molar-refractivity contribution in [3.05, 3.63) is 29.8 Å². The topological polar surface area (TPSA) is 70.7 Å². The molecule has 1 aromatic rings. The first-order valence-corrected chi connectivity index (χ1v) is 8.98. The summed E-state index contributed by atoms with van der Waals surface area (Å²) in [4.78, 5) is 26.6. The summed E-state index contributed by atoms with van der Waals surface area (Å²) in [7, 11) is 1.60. The molecule has 1 aromatic carbocycles. The van der Waals surface area contributed by atoms with Gasteiger partial charge in [-0.15, -0.1) is 0 Å². The van der Waals surface area contributed by atoms with Gasteiger partial charge in [-0.3, -0.25) is 4.79 Å². The average Bonchev–Trinajstić information content (AvgIpc) is 2.62. The fourth-order valence-corrected chi connectivity index (χ4v) is 3.04. The van der Waals surface area contributed by atoms with Crippen LogP contribution >= 0.6 is 0 Å². The molecule has 0 aliphatic carbocycles. The van der Waals surface area contributed by atoms with E-state index in [-0.39, 0.29) is 23.9 Å². The molecular formula is C19H29N3O3. The van der Waals surface area contributed by atoms with Crippen molar-refractivity contribution in [2.24, 2.45) is 5.92 Å². The van der Waals surface area contributed by atoms with Crippen molar-refractivity contribution < 1.29 is 14.3 Å². The zero-order valence-corrected chi connectivity index (χ0v) is 15.4. The van der Waals surface area contributed by atoms with Gasteiger partial charge in [0.25, 0.3) is 0 Å². The van der Waals surface area contributed by atoms with Crippen LogP contribution in [0.4, 0.5) is 10.5 Å². The van der Waals surface area contributed by atoms with Crippen LogP contribution in [0, 0.1) is 5.92 Å². The van der Waals surface area contributed by atoms with Crippen LogP contribution in [-0.2, 0) is 16.0 Å². The minimum absolute atomic E-state index is 0.00551. The maximum atomic E-state index is 12.6. The fraction of sp³-hybridized carbons (Fsp3) is 0.579. The van der Waals surface area contributed by atoms with Crippen molar-refractivity contribution in [2.45, 2.75) is 39.2 Å². The van der Waals surface area contributed by atoms with Crippen molar-refractivity contribution >= 4 is 17.6 Å². The Bertz CT molecular complexity index is 574. The summed E-state index contributed by atoms with van der Waals surface area (Å²) >= 11 is 0. The maximum Gasteiger partial charge on any atom is 0.322 e. The highest BCUT2D eigenvalue weighted by molar-refractivity contribution is 5.90. The molecule has 3 amide bonds. The molecule has 1 aliphatic rings. The monoisotopic (exact) mass is 347 g/mol. The van der Waals surface area contributed by atoms with E-state index in [4.69, 9.17) is 4.74 Å². The molecule has 6 nitrogen and oxygen atoms in total. The standard InChI is InChI=1S/C19H29N3O3/c1-4-15-6-9-17(10-7-15)21-19(24)22-13-16(8-5-14(22)2)18(23)20-11-12-25-3/h6-7,9-10,14,16H,4-5,8,11-13H2,1-3H3,(H,20,23)(H,21,24). The van der Waals surface area contributed by atoms with Crippen molar-refractivity contribution in [2.75, 3.05) is 32.1 Å². The number of nitrogens with zero attached hydrogens (tertiary/aromatic N) is 1. The average molecular weight is 347 g/mol. The number of rotatable bonds is 6. The molecule has 0 spiro atoms. The number of ether oxygens (including phenoxy) is 1. The molecule has 1 aliphatic heterocycles. The van der Waals surface area contributed by atoms with Gasteiger partial charge in [0.1, 0.15) is 0 Å². The molecule has 0 radical (unpaired) electrons. The molecule has 2 rings (SSSR count). The van der Waals surface area contributed by atoms with Crippen molar-refractivity contribution in [3.8, 4) is 0 Å². The number of hydrogen-bond acceptors (Lipinski definition) is 3. The minimum atomic E-state index is -0.165. The van der Waals surface area contributed by atoms with Crippen molar-refractivity contribution in [1.82, 2.24) is 10.2 Å². The quantitative estimate of drug-likeness (QED) is 0.777. The van der Waals surface area contributed by atoms with E-state index in [1.807, 2.05) is 31.2 Å². The molecule has 2 unspecified atom stereocenters. The van der Waals surface area contributed by atoms with Crippen LogP contribution in [-0.4, -0.2) is 49.7 Å². The second-order valence-electron chi connectivity index (χ2n) is 6.54. The van der Waals surface area contributed by atoms with Gasteiger partial charge in [0.15, 0.2) is 0 Å². The largest absolute Gasteiger partial charge is 0.383 e. The van der Waals surface area contributed by atoms with Crippen molar-refractivity contribution in [3.63, 3.8) is 0 Å². The molecule has 1 saturated heterocycles. The Morgan fingerprint density at radius 3 is 2.60 bits per heavy atom. The number of hydrogen-bond donors (Lipinski definition) is 2. The molecule has 1 fully saturated rings. The number of likely N-dealkylation sites (tertiary alicyclic amines) is 1. The lowest BCUT2D eigenvalue weighted by Crippen LogP contribution is -2.51. The summed E-state index contributed by atoms with van der Waals surface area (Å²) < 4.78 is 4.95. The number of benzene rings is 1. The summed E-state index contributed by atoms with van der Waals surface area (Å²) in [6.07, 6.45) is 2.59. The lowest BCUT2D eigenvalue weighted by Gasteiger charge is -2.37. The smallest absolute Gasteiger partial charge is 0.322 e. The highest BCUT2D eigenvalue weighted by atomic mass is 16.5. The predicted molar refractivity (Wildman–Crippen MR) is 98.6 cm³/mol. The Balaban J connectivity index is 1.93. The highest BCUT2D eigenvalue weighted by Crippen LogP contribution is 2.23. The van der Waals surface area contributed by atoms with Crippen LogP contribution in [0.1, 0.15) is 32.3 Å². The number of carbonyl (C=O) groups is 2. The lowest BCUT2D eigenvalue weighted by atomic mass is 9.93. The third-order valence-corrected chi connectivity index (χ3v) is 4.73. The van der Waals surface area contributed by atoms with E-state index in [1.165, 1.54) is 5.56 Å². The van der Waals surface area contributed by atoms with Crippen LogP contribution in [0.25, 0.3) is 0 Å². The number of piperidine rings is 1. The zero-order chi connectivity index (χ0) is 18.2. The third-order valence-electron chi connectivity index (χ3n) is 4.73. The third kappa shape index (κ3) is 5.46. The number of anilines is 1. The molecule has 0 bridgehead atoms. The van der Waals surface area contributed by atoms with Crippen LogP contribution in [0.3, 0.4) is 0 Å². The fourth-order valence-electron chi connectivity index (χ4n) is 3.04. The Kier molecular flexibility index (Phi) is 7.25. The van der Waals surface area contributed by atoms with Gasteiger partial charge in [-0.05, 0) is 43.9 Å². The summed E-state index contributed by atoms with van der Waals surface area (Å²) in [5, 5.41) is 5.81. The van der Waals surface area contributed by atoms with Gasteiger partial charge < -0.3 is 20.3 Å². The maximum absolute atomic E-state index is 12.6. The number of nitrogens with one attached hydrogen (secondary N) is 2. The Labute approximate surface area is 149 Å². The van der Waals surface area contributed by atoms with Gasteiger partial charge in [-0.1, -0.05) is 19.1 Å². The summed E-state index contributed by atoms with van der Waals surface area (Å²) in [6.45, 7) is 5.56. The first kappa shape index (κ1) is 19.2. The van der Waals surface area contributed by atoms with Crippen LogP contribution < -0.4 is 10.6 Å². The Hall–Kier alpha value is -2.08. The van der Waals surface area contributed by atoms with E-state index in [0.29, 0.717) is 19.7 Å². The Morgan fingerprint density at radius 1 is 1.24 bits per heavy atom. The highest BCUT2D eigenvalue weighted by Gasteiger charge is 2.32. The van der Waals surface area contributed by atoms with E-state index < -0.39 is 0 Å². The first-order valence-electron chi connectivity index (χ1n) is 8.98. The number of aryl methyl sites for hydroxylation is 1. The van der Waals surface area contributed by atoms with Gasteiger partial charge in [0, 0.05) is 31.9 Å². The normalized spacial score (nSPS) is 20.2. The predicted octanol–water partition coefficient (Wildman–Crippen LogP) is 2.64. The molecule has 138 valence electrons. The molecular weight excluding hydrogens is 318 g/mol. The molecule has 2 atom stereocenters. The molecule has 0 aromatic heterocycles. The van der Waals surface area contributed by atoms with Gasteiger partial charge in [0.05, 0.1) is 12.5 Å². The minimum Gasteiger partial charge on any atom is -0.383 e.